The van der Waals surface area contributed by atoms with Crippen LogP contribution in [0.25, 0.3) is 0 Å². The van der Waals surface area contributed by atoms with E-state index in [0.717, 1.165) is 13.0 Å². The fourth-order valence-corrected chi connectivity index (χ4v) is 3.58. The normalized spacial score (nSPS) is 31.2. The Balaban J connectivity index is 2.88. The van der Waals surface area contributed by atoms with E-state index < -0.39 is 11.3 Å². The van der Waals surface area contributed by atoms with Gasteiger partial charge in [0.25, 0.3) is 0 Å². The number of hydrogen-bond acceptors (Lipinski definition) is 1. The second kappa shape index (κ2) is 5.61. The minimum Gasteiger partial charge on any atom is -0.294 e. The van der Waals surface area contributed by atoms with Crippen LogP contribution in [0.2, 0.25) is 0 Å². The van der Waals surface area contributed by atoms with Crippen LogP contribution in [0.4, 0.5) is 0 Å². The topological polar surface area (TPSA) is 40.5 Å². The van der Waals surface area contributed by atoms with Crippen LogP contribution in [0.5, 0.6) is 0 Å². The number of hydrogen-bond donors (Lipinski definition) is 1. The van der Waals surface area contributed by atoms with E-state index in [-0.39, 0.29) is 6.04 Å². The predicted molar refractivity (Wildman–Crippen MR) is 68.2 cm³/mol. The van der Waals surface area contributed by atoms with Crippen LogP contribution in [0.3, 0.4) is 0 Å². The SMILES string of the molecule is CC(C)C(C)C1C(C(C)C)CCN1S(=O)O. The van der Waals surface area contributed by atoms with Crippen LogP contribution >= 0.6 is 0 Å². The van der Waals surface area contributed by atoms with Gasteiger partial charge >= 0.3 is 0 Å². The Hall–Kier alpha value is 0.0700. The molecule has 0 aromatic carbocycles. The lowest BCUT2D eigenvalue weighted by Gasteiger charge is -2.34. The third-order valence-corrected chi connectivity index (χ3v) is 4.93. The molecule has 4 unspecified atom stereocenters. The fourth-order valence-electron chi connectivity index (χ4n) is 2.77. The summed E-state index contributed by atoms with van der Waals surface area (Å²) in [6.45, 7) is 11.8. The van der Waals surface area contributed by atoms with Crippen molar-refractivity contribution in [2.45, 2.75) is 47.1 Å². The minimum atomic E-state index is -1.81. The van der Waals surface area contributed by atoms with Crippen LogP contribution < -0.4 is 0 Å². The highest BCUT2D eigenvalue weighted by Crippen LogP contribution is 2.37. The maximum absolute atomic E-state index is 11.3. The van der Waals surface area contributed by atoms with Gasteiger partial charge in [-0.15, -0.1) is 0 Å². The highest BCUT2D eigenvalue weighted by atomic mass is 32.2. The largest absolute Gasteiger partial charge is 0.294 e. The summed E-state index contributed by atoms with van der Waals surface area (Å²) >= 11 is -1.81. The molecular weight excluding hydrogens is 222 g/mol. The molecule has 0 spiro atoms. The Morgan fingerprint density at radius 3 is 2.19 bits per heavy atom. The van der Waals surface area contributed by atoms with Crippen molar-refractivity contribution >= 4 is 11.3 Å². The first-order valence-corrected chi connectivity index (χ1v) is 7.30. The zero-order valence-electron chi connectivity index (χ0n) is 11.0. The molecule has 3 nitrogen and oxygen atoms in total. The average Bonchev–Trinajstić information content (AvgIpc) is 2.59. The van der Waals surface area contributed by atoms with E-state index in [1.807, 2.05) is 0 Å². The first-order valence-electron chi connectivity index (χ1n) is 6.23. The molecule has 0 bridgehead atoms. The second-order valence-electron chi connectivity index (χ2n) is 5.66. The molecule has 1 aliphatic heterocycles. The molecule has 0 amide bonds. The minimum absolute atomic E-state index is 0.255. The lowest BCUT2D eigenvalue weighted by atomic mass is 9.79. The smallest absolute Gasteiger partial charge is 0.234 e. The zero-order chi connectivity index (χ0) is 12.5. The standard InChI is InChI=1S/C12H25NO2S/c1-8(2)10(5)12-11(9(3)4)6-7-13(12)16(14)15/h8-12H,6-7H2,1-5H3,(H,14,15). The Kier molecular flexibility index (Phi) is 4.95. The lowest BCUT2D eigenvalue weighted by Crippen LogP contribution is -2.42. The Labute approximate surface area is 102 Å². The van der Waals surface area contributed by atoms with Gasteiger partial charge in [0, 0.05) is 12.6 Å². The molecule has 4 heteroatoms. The molecule has 0 aliphatic carbocycles. The summed E-state index contributed by atoms with van der Waals surface area (Å²) in [5.41, 5.74) is 0. The molecule has 1 N–H and O–H groups in total. The van der Waals surface area contributed by atoms with Gasteiger partial charge in [0.1, 0.15) is 0 Å². The molecule has 0 radical (unpaired) electrons. The van der Waals surface area contributed by atoms with Crippen molar-refractivity contribution in [1.82, 2.24) is 4.31 Å². The van der Waals surface area contributed by atoms with Crippen molar-refractivity contribution in [2.24, 2.45) is 23.7 Å². The van der Waals surface area contributed by atoms with Crippen LogP contribution in [0, 0.1) is 23.7 Å². The molecule has 96 valence electrons. The zero-order valence-corrected chi connectivity index (χ0v) is 11.8. The Morgan fingerprint density at radius 1 is 1.25 bits per heavy atom. The van der Waals surface area contributed by atoms with Crippen LogP contribution in [-0.4, -0.2) is 25.7 Å². The van der Waals surface area contributed by atoms with E-state index in [1.165, 1.54) is 0 Å². The third-order valence-electron chi connectivity index (χ3n) is 4.10. The first kappa shape index (κ1) is 14.1. The molecular formula is C12H25NO2S. The molecule has 0 aromatic rings. The van der Waals surface area contributed by atoms with Crippen molar-refractivity contribution in [3.63, 3.8) is 0 Å². The van der Waals surface area contributed by atoms with E-state index in [9.17, 15) is 8.76 Å². The summed E-state index contributed by atoms with van der Waals surface area (Å²) in [5.74, 6) is 2.15. The second-order valence-corrected chi connectivity index (χ2v) is 6.59. The molecule has 0 saturated carbocycles. The van der Waals surface area contributed by atoms with E-state index in [1.54, 1.807) is 4.31 Å². The molecule has 4 atom stereocenters. The lowest BCUT2D eigenvalue weighted by molar-refractivity contribution is 0.177. The average molecular weight is 247 g/mol. The predicted octanol–water partition coefficient (Wildman–Crippen LogP) is 2.76. The molecule has 1 rings (SSSR count). The molecule has 1 saturated heterocycles. The van der Waals surface area contributed by atoms with Gasteiger partial charge in [-0.1, -0.05) is 34.6 Å². The van der Waals surface area contributed by atoms with Crippen molar-refractivity contribution in [2.75, 3.05) is 6.54 Å². The Morgan fingerprint density at radius 2 is 1.81 bits per heavy atom. The summed E-state index contributed by atoms with van der Waals surface area (Å²) < 4.78 is 22.5. The van der Waals surface area contributed by atoms with Gasteiger partial charge in [-0.05, 0) is 30.1 Å². The van der Waals surface area contributed by atoms with Gasteiger partial charge in [0.2, 0.25) is 11.3 Å². The van der Waals surface area contributed by atoms with Crippen molar-refractivity contribution in [3.8, 4) is 0 Å². The van der Waals surface area contributed by atoms with Gasteiger partial charge in [0.15, 0.2) is 0 Å². The maximum atomic E-state index is 11.3. The summed E-state index contributed by atoms with van der Waals surface area (Å²) in [5, 5.41) is 0. The van der Waals surface area contributed by atoms with Crippen LogP contribution in [-0.2, 0) is 11.3 Å². The van der Waals surface area contributed by atoms with Crippen molar-refractivity contribution in [1.29, 1.82) is 0 Å². The van der Waals surface area contributed by atoms with Gasteiger partial charge in [0.05, 0.1) is 0 Å². The third kappa shape index (κ3) is 2.84. The maximum Gasteiger partial charge on any atom is 0.234 e. The van der Waals surface area contributed by atoms with E-state index in [4.69, 9.17) is 0 Å². The van der Waals surface area contributed by atoms with Gasteiger partial charge < -0.3 is 0 Å². The van der Waals surface area contributed by atoms with Crippen molar-refractivity contribution in [3.05, 3.63) is 0 Å². The quantitative estimate of drug-likeness (QED) is 0.776. The summed E-state index contributed by atoms with van der Waals surface area (Å²) in [7, 11) is 0. The summed E-state index contributed by atoms with van der Waals surface area (Å²) in [4.78, 5) is 0. The van der Waals surface area contributed by atoms with Crippen molar-refractivity contribution < 1.29 is 8.76 Å². The van der Waals surface area contributed by atoms with Gasteiger partial charge in [-0.3, -0.25) is 4.55 Å². The van der Waals surface area contributed by atoms with Gasteiger partial charge in [-0.25, -0.2) is 4.21 Å². The van der Waals surface area contributed by atoms with Crippen LogP contribution in [0.1, 0.15) is 41.0 Å². The number of nitrogens with zero attached hydrogens (tertiary/aromatic N) is 1. The highest BCUT2D eigenvalue weighted by Gasteiger charge is 2.42. The van der Waals surface area contributed by atoms with E-state index in [2.05, 4.69) is 34.6 Å². The molecule has 1 heterocycles. The molecule has 0 aromatic heterocycles. The number of rotatable bonds is 4. The summed E-state index contributed by atoms with van der Waals surface area (Å²) in [6, 6.07) is 0.255. The molecule has 1 fully saturated rings. The monoisotopic (exact) mass is 247 g/mol. The first-order chi connectivity index (χ1) is 7.36. The van der Waals surface area contributed by atoms with E-state index >= 15 is 0 Å². The van der Waals surface area contributed by atoms with E-state index in [0.29, 0.717) is 23.7 Å². The Bertz CT molecular complexity index is 255. The van der Waals surface area contributed by atoms with Gasteiger partial charge in [-0.2, -0.15) is 4.31 Å². The highest BCUT2D eigenvalue weighted by molar-refractivity contribution is 7.76. The van der Waals surface area contributed by atoms with Crippen LogP contribution in [0.15, 0.2) is 0 Å². The summed E-state index contributed by atoms with van der Waals surface area (Å²) in [6.07, 6.45) is 1.05. The fraction of sp³-hybridized carbons (Fsp3) is 1.00. The molecule has 1 aliphatic rings. The molecule has 16 heavy (non-hydrogen) atoms.